The number of thioether (sulfide) groups is 1. The van der Waals surface area contributed by atoms with Gasteiger partial charge in [0.05, 0.1) is 16.8 Å². The van der Waals surface area contributed by atoms with E-state index in [9.17, 15) is 8.78 Å². The van der Waals surface area contributed by atoms with E-state index in [1.165, 1.54) is 12.1 Å². The van der Waals surface area contributed by atoms with Crippen LogP contribution in [0.15, 0.2) is 42.5 Å². The molecule has 2 heterocycles. The summed E-state index contributed by atoms with van der Waals surface area (Å²) in [5.41, 5.74) is 2.22. The zero-order valence-electron chi connectivity index (χ0n) is 10.4. The third-order valence-corrected chi connectivity index (χ3v) is 4.70. The van der Waals surface area contributed by atoms with Crippen LogP contribution in [0, 0.1) is 11.6 Å². The van der Waals surface area contributed by atoms with E-state index in [2.05, 4.69) is 4.98 Å². The van der Waals surface area contributed by atoms with Crippen molar-refractivity contribution in [2.75, 3.05) is 0 Å². The molecule has 0 N–H and O–H groups in total. The lowest BCUT2D eigenvalue weighted by atomic mass is 10.2. The van der Waals surface area contributed by atoms with Gasteiger partial charge in [-0.05, 0) is 30.3 Å². The van der Waals surface area contributed by atoms with Crippen LogP contribution in [0.4, 0.5) is 8.78 Å². The normalized spacial score (nSPS) is 17.6. The van der Waals surface area contributed by atoms with Crippen molar-refractivity contribution in [2.45, 2.75) is 11.1 Å². The summed E-state index contributed by atoms with van der Waals surface area (Å²) in [5, 5.41) is -0.256. The molecule has 1 atom stereocenters. The number of fused-ring (bicyclic) bond motifs is 3. The SMILES string of the molecule is Fc1ccc(F)c([C@H]2SCc3nc4ccccc4n32)c1. The molecule has 5 heteroatoms. The molecule has 0 saturated heterocycles. The number of benzene rings is 2. The van der Waals surface area contributed by atoms with Crippen molar-refractivity contribution in [3.05, 3.63) is 65.5 Å². The molecule has 100 valence electrons. The van der Waals surface area contributed by atoms with Gasteiger partial charge < -0.3 is 4.57 Å². The maximum absolute atomic E-state index is 14.0. The van der Waals surface area contributed by atoms with E-state index in [1.807, 2.05) is 28.8 Å². The van der Waals surface area contributed by atoms with E-state index in [1.54, 1.807) is 11.8 Å². The van der Waals surface area contributed by atoms with Crippen molar-refractivity contribution in [1.29, 1.82) is 0 Å². The number of rotatable bonds is 1. The standard InChI is InChI=1S/C15H10F2N2S/c16-9-5-6-11(17)10(7-9)15-19-13-4-2-1-3-12(13)18-14(19)8-20-15/h1-7,15H,8H2/t15-/m1/s1. The number of nitrogens with zero attached hydrogens (tertiary/aromatic N) is 2. The molecule has 2 aromatic carbocycles. The highest BCUT2D eigenvalue weighted by Crippen LogP contribution is 2.43. The quantitative estimate of drug-likeness (QED) is 0.670. The first-order chi connectivity index (χ1) is 9.74. The maximum atomic E-state index is 14.0. The predicted molar refractivity (Wildman–Crippen MR) is 75.5 cm³/mol. The molecule has 1 aliphatic heterocycles. The lowest BCUT2D eigenvalue weighted by Crippen LogP contribution is -2.06. The van der Waals surface area contributed by atoms with Crippen molar-refractivity contribution in [1.82, 2.24) is 9.55 Å². The summed E-state index contributed by atoms with van der Waals surface area (Å²) in [6, 6.07) is 11.4. The molecule has 0 saturated carbocycles. The molecule has 3 aromatic rings. The summed E-state index contributed by atoms with van der Waals surface area (Å²) in [6.45, 7) is 0. The van der Waals surface area contributed by atoms with Gasteiger partial charge in [-0.25, -0.2) is 13.8 Å². The largest absolute Gasteiger partial charge is 0.310 e. The second-order valence-electron chi connectivity index (χ2n) is 4.72. The molecular formula is C15H10F2N2S. The van der Waals surface area contributed by atoms with Crippen LogP contribution >= 0.6 is 11.8 Å². The Hall–Kier alpha value is -1.88. The Labute approximate surface area is 118 Å². The average Bonchev–Trinajstić information content (AvgIpc) is 3.00. The monoisotopic (exact) mass is 288 g/mol. The molecule has 0 amide bonds. The van der Waals surface area contributed by atoms with Crippen molar-refractivity contribution in [3.8, 4) is 0 Å². The van der Waals surface area contributed by atoms with Crippen LogP contribution in [0.1, 0.15) is 16.8 Å². The van der Waals surface area contributed by atoms with Crippen LogP contribution in [0.3, 0.4) is 0 Å². The highest BCUT2D eigenvalue weighted by molar-refractivity contribution is 7.99. The summed E-state index contributed by atoms with van der Waals surface area (Å²) in [4.78, 5) is 4.55. The molecule has 1 aliphatic rings. The van der Waals surface area contributed by atoms with Gasteiger partial charge in [0.15, 0.2) is 0 Å². The van der Waals surface area contributed by atoms with Crippen molar-refractivity contribution >= 4 is 22.8 Å². The van der Waals surface area contributed by atoms with Crippen LogP contribution in [0.5, 0.6) is 0 Å². The van der Waals surface area contributed by atoms with Gasteiger partial charge in [-0.3, -0.25) is 0 Å². The molecule has 4 rings (SSSR count). The zero-order valence-corrected chi connectivity index (χ0v) is 11.2. The minimum Gasteiger partial charge on any atom is -0.310 e. The fourth-order valence-electron chi connectivity index (χ4n) is 2.62. The second kappa shape index (κ2) is 4.31. The van der Waals surface area contributed by atoms with Crippen LogP contribution < -0.4 is 0 Å². The minimum absolute atomic E-state index is 0.256. The maximum Gasteiger partial charge on any atom is 0.129 e. The number of imidazole rings is 1. The molecule has 20 heavy (non-hydrogen) atoms. The Balaban J connectivity index is 1.94. The molecule has 0 bridgehead atoms. The van der Waals surface area contributed by atoms with Gasteiger partial charge in [0.1, 0.15) is 22.8 Å². The Morgan fingerprint density at radius 1 is 1.15 bits per heavy atom. The lowest BCUT2D eigenvalue weighted by molar-refractivity contribution is 0.576. The Kier molecular flexibility index (Phi) is 2.57. The highest BCUT2D eigenvalue weighted by atomic mass is 32.2. The summed E-state index contributed by atoms with van der Waals surface area (Å²) in [5.74, 6) is 0.814. The van der Waals surface area contributed by atoms with Crippen LogP contribution in [-0.4, -0.2) is 9.55 Å². The predicted octanol–water partition coefficient (Wildman–Crippen LogP) is 4.11. The second-order valence-corrected chi connectivity index (χ2v) is 5.78. The highest BCUT2D eigenvalue weighted by Gasteiger charge is 2.29. The molecule has 0 aliphatic carbocycles. The Morgan fingerprint density at radius 3 is 2.90 bits per heavy atom. The molecule has 0 radical (unpaired) electrons. The van der Waals surface area contributed by atoms with Crippen molar-refractivity contribution in [3.63, 3.8) is 0 Å². The smallest absolute Gasteiger partial charge is 0.129 e. The van der Waals surface area contributed by atoms with Gasteiger partial charge in [-0.15, -0.1) is 11.8 Å². The first kappa shape index (κ1) is 11.9. The van der Waals surface area contributed by atoms with Gasteiger partial charge in [0.2, 0.25) is 0 Å². The zero-order chi connectivity index (χ0) is 13.7. The van der Waals surface area contributed by atoms with Gasteiger partial charge in [0, 0.05) is 5.56 Å². The average molecular weight is 288 g/mol. The van der Waals surface area contributed by atoms with Crippen LogP contribution in [-0.2, 0) is 5.75 Å². The van der Waals surface area contributed by atoms with Crippen molar-refractivity contribution < 1.29 is 8.78 Å². The third kappa shape index (κ3) is 1.66. The lowest BCUT2D eigenvalue weighted by Gasteiger charge is -2.15. The first-order valence-electron chi connectivity index (χ1n) is 6.26. The number of hydrogen-bond donors (Lipinski definition) is 0. The van der Waals surface area contributed by atoms with Crippen LogP contribution in [0.2, 0.25) is 0 Å². The van der Waals surface area contributed by atoms with Crippen LogP contribution in [0.25, 0.3) is 11.0 Å². The van der Waals surface area contributed by atoms with Gasteiger partial charge in [-0.1, -0.05) is 12.1 Å². The molecular weight excluding hydrogens is 278 g/mol. The van der Waals surface area contributed by atoms with E-state index in [-0.39, 0.29) is 11.2 Å². The summed E-state index contributed by atoms with van der Waals surface area (Å²) < 4.78 is 29.4. The first-order valence-corrected chi connectivity index (χ1v) is 7.31. The van der Waals surface area contributed by atoms with E-state index in [0.29, 0.717) is 11.3 Å². The van der Waals surface area contributed by atoms with Gasteiger partial charge >= 0.3 is 0 Å². The van der Waals surface area contributed by atoms with Gasteiger partial charge in [0.25, 0.3) is 0 Å². The number of para-hydroxylation sites is 2. The summed E-state index contributed by atoms with van der Waals surface area (Å²) >= 11 is 1.56. The topological polar surface area (TPSA) is 17.8 Å². The number of aromatic nitrogens is 2. The van der Waals surface area contributed by atoms with Gasteiger partial charge in [-0.2, -0.15) is 0 Å². The Morgan fingerprint density at radius 2 is 2.00 bits per heavy atom. The Bertz CT molecular complexity index is 813. The molecule has 0 unspecified atom stereocenters. The number of halogens is 2. The van der Waals surface area contributed by atoms with E-state index in [0.717, 1.165) is 22.9 Å². The number of hydrogen-bond acceptors (Lipinski definition) is 2. The van der Waals surface area contributed by atoms with E-state index >= 15 is 0 Å². The van der Waals surface area contributed by atoms with E-state index < -0.39 is 5.82 Å². The summed E-state index contributed by atoms with van der Waals surface area (Å²) in [7, 11) is 0. The molecule has 0 fully saturated rings. The van der Waals surface area contributed by atoms with Crippen molar-refractivity contribution in [2.24, 2.45) is 0 Å². The fourth-order valence-corrected chi connectivity index (χ4v) is 3.87. The third-order valence-electron chi connectivity index (χ3n) is 3.50. The molecule has 1 aromatic heterocycles. The molecule has 0 spiro atoms. The molecule has 2 nitrogen and oxygen atoms in total. The van der Waals surface area contributed by atoms with E-state index in [4.69, 9.17) is 0 Å². The summed E-state index contributed by atoms with van der Waals surface area (Å²) in [6.07, 6.45) is 0. The minimum atomic E-state index is -0.417. The fraction of sp³-hybridized carbons (Fsp3) is 0.133.